The van der Waals surface area contributed by atoms with E-state index in [2.05, 4.69) is 0 Å². The molecule has 150 valence electrons. The number of hydrogen-bond donors (Lipinski definition) is 2. The van der Waals surface area contributed by atoms with E-state index >= 15 is 0 Å². The number of allylic oxidation sites excluding steroid dienone is 2. The predicted molar refractivity (Wildman–Crippen MR) is 109 cm³/mol. The number of carbonyl (C=O) groups excluding carboxylic acids is 2. The van der Waals surface area contributed by atoms with Crippen LogP contribution in [0, 0.1) is 5.92 Å². The fraction of sp³-hybridized carbons (Fsp3) is 0.217. The van der Waals surface area contributed by atoms with Gasteiger partial charge in [-0.3, -0.25) is 9.59 Å². The van der Waals surface area contributed by atoms with Crippen molar-refractivity contribution in [1.29, 1.82) is 0 Å². The van der Waals surface area contributed by atoms with E-state index < -0.39 is 5.92 Å². The smallest absolute Gasteiger partial charge is 0.169 e. The van der Waals surface area contributed by atoms with Crippen LogP contribution in [0.2, 0.25) is 0 Å². The van der Waals surface area contributed by atoms with Gasteiger partial charge in [-0.05, 0) is 66.0 Å². The monoisotopic (exact) mass is 394 g/mol. The van der Waals surface area contributed by atoms with Gasteiger partial charge >= 0.3 is 0 Å². The Kier molecular flexibility index (Phi) is 6.02. The molecule has 3 rings (SSSR count). The second-order valence-electron chi connectivity index (χ2n) is 6.72. The van der Waals surface area contributed by atoms with E-state index in [-0.39, 0.29) is 23.1 Å². The van der Waals surface area contributed by atoms with Crippen LogP contribution in [0.1, 0.15) is 24.0 Å². The molecule has 0 aliphatic heterocycles. The number of benzene rings is 2. The number of phenolic OH excluding ortho intramolecular Hbond substituents is 2. The number of Topliss-reactive ketones (excluding diaryl/α,β-unsaturated/α-hetero) is 1. The zero-order valence-corrected chi connectivity index (χ0v) is 16.2. The predicted octanol–water partition coefficient (Wildman–Crippen LogP) is 3.76. The molecule has 1 aliphatic rings. The summed E-state index contributed by atoms with van der Waals surface area (Å²) in [7, 11) is 2.90. The zero-order chi connectivity index (χ0) is 21.0. The van der Waals surface area contributed by atoms with Gasteiger partial charge in [0, 0.05) is 0 Å². The van der Waals surface area contributed by atoms with Crippen molar-refractivity contribution in [3.63, 3.8) is 0 Å². The summed E-state index contributed by atoms with van der Waals surface area (Å²) in [5.41, 5.74) is 1.99. The summed E-state index contributed by atoms with van der Waals surface area (Å²) in [4.78, 5) is 25.2. The molecule has 0 heterocycles. The lowest BCUT2D eigenvalue weighted by atomic mass is 9.99. The highest BCUT2D eigenvalue weighted by atomic mass is 16.5. The molecule has 29 heavy (non-hydrogen) atoms. The minimum atomic E-state index is -0.699. The maximum atomic E-state index is 12.7. The molecule has 2 N–H and O–H groups in total. The van der Waals surface area contributed by atoms with Crippen LogP contribution in [0.3, 0.4) is 0 Å². The summed E-state index contributed by atoms with van der Waals surface area (Å²) in [6, 6.07) is 9.58. The third-order valence-electron chi connectivity index (χ3n) is 4.87. The molecule has 0 saturated heterocycles. The van der Waals surface area contributed by atoms with Gasteiger partial charge in [0.05, 0.1) is 20.1 Å². The average molecular weight is 394 g/mol. The first-order valence-corrected chi connectivity index (χ1v) is 9.13. The first-order chi connectivity index (χ1) is 13.9. The summed E-state index contributed by atoms with van der Waals surface area (Å²) >= 11 is 0. The lowest BCUT2D eigenvalue weighted by Crippen LogP contribution is -2.17. The second kappa shape index (κ2) is 8.65. The molecule has 6 heteroatoms. The molecule has 6 nitrogen and oxygen atoms in total. The van der Waals surface area contributed by atoms with Crippen molar-refractivity contribution in [1.82, 2.24) is 0 Å². The summed E-state index contributed by atoms with van der Waals surface area (Å²) in [6.45, 7) is 0. The normalized spacial score (nSPS) is 17.8. The number of rotatable bonds is 6. The van der Waals surface area contributed by atoms with Gasteiger partial charge in [0.1, 0.15) is 0 Å². The molecule has 1 fully saturated rings. The molecule has 1 aliphatic carbocycles. The molecule has 0 radical (unpaired) electrons. The SMILES string of the molecule is COc1cc(/C=C/C(=O)C2CC/C(=C\c3ccc(O)c(OC)c3)C2=O)ccc1O. The Morgan fingerprint density at radius 3 is 2.21 bits per heavy atom. The molecule has 1 atom stereocenters. The fourth-order valence-electron chi connectivity index (χ4n) is 3.27. The Morgan fingerprint density at radius 2 is 1.59 bits per heavy atom. The summed E-state index contributed by atoms with van der Waals surface area (Å²) in [6.07, 6.45) is 5.69. The first kappa shape index (κ1) is 20.2. The van der Waals surface area contributed by atoms with Gasteiger partial charge in [-0.15, -0.1) is 0 Å². The third kappa shape index (κ3) is 4.48. The van der Waals surface area contributed by atoms with E-state index in [9.17, 15) is 19.8 Å². The maximum Gasteiger partial charge on any atom is 0.169 e. The molecule has 0 amide bonds. The summed E-state index contributed by atoms with van der Waals surface area (Å²) in [5, 5.41) is 19.3. The molecular formula is C23H22O6. The molecule has 2 aromatic carbocycles. The number of ether oxygens (including phenoxy) is 2. The first-order valence-electron chi connectivity index (χ1n) is 9.13. The van der Waals surface area contributed by atoms with Crippen molar-refractivity contribution in [3.8, 4) is 23.0 Å². The van der Waals surface area contributed by atoms with Gasteiger partial charge in [-0.25, -0.2) is 0 Å². The zero-order valence-electron chi connectivity index (χ0n) is 16.2. The Morgan fingerprint density at radius 1 is 1.00 bits per heavy atom. The lowest BCUT2D eigenvalue weighted by Gasteiger charge is -2.05. The van der Waals surface area contributed by atoms with Crippen LogP contribution >= 0.6 is 0 Å². The van der Waals surface area contributed by atoms with Crippen LogP contribution in [-0.2, 0) is 9.59 Å². The number of ketones is 2. The highest BCUT2D eigenvalue weighted by Crippen LogP contribution is 2.32. The Labute approximate surface area is 168 Å². The van der Waals surface area contributed by atoms with Crippen LogP contribution in [0.5, 0.6) is 23.0 Å². The van der Waals surface area contributed by atoms with E-state index in [0.717, 1.165) is 5.56 Å². The minimum absolute atomic E-state index is 0.0163. The summed E-state index contributed by atoms with van der Waals surface area (Å²) < 4.78 is 10.1. The molecule has 0 bridgehead atoms. The van der Waals surface area contributed by atoms with E-state index in [1.54, 1.807) is 36.4 Å². The van der Waals surface area contributed by atoms with Gasteiger partial charge in [0.2, 0.25) is 0 Å². The Hall–Kier alpha value is -3.54. The molecule has 0 aromatic heterocycles. The van der Waals surface area contributed by atoms with Crippen LogP contribution in [-0.4, -0.2) is 36.0 Å². The molecule has 1 unspecified atom stereocenters. The van der Waals surface area contributed by atoms with Crippen LogP contribution < -0.4 is 9.47 Å². The number of methoxy groups -OCH3 is 2. The van der Waals surface area contributed by atoms with Gasteiger partial charge in [0.25, 0.3) is 0 Å². The van der Waals surface area contributed by atoms with Gasteiger partial charge < -0.3 is 19.7 Å². The van der Waals surface area contributed by atoms with Crippen molar-refractivity contribution in [3.05, 3.63) is 59.2 Å². The lowest BCUT2D eigenvalue weighted by molar-refractivity contribution is -0.126. The maximum absolute atomic E-state index is 12.7. The second-order valence-corrected chi connectivity index (χ2v) is 6.72. The van der Waals surface area contributed by atoms with Gasteiger partial charge in [0.15, 0.2) is 34.6 Å². The van der Waals surface area contributed by atoms with E-state index in [1.165, 1.54) is 32.4 Å². The van der Waals surface area contributed by atoms with Crippen molar-refractivity contribution in [2.75, 3.05) is 14.2 Å². The number of aromatic hydroxyl groups is 2. The van der Waals surface area contributed by atoms with Crippen LogP contribution in [0.4, 0.5) is 0 Å². The quantitative estimate of drug-likeness (QED) is 0.572. The molecule has 0 spiro atoms. The van der Waals surface area contributed by atoms with Crippen molar-refractivity contribution >= 4 is 23.7 Å². The van der Waals surface area contributed by atoms with Gasteiger partial charge in [-0.2, -0.15) is 0 Å². The van der Waals surface area contributed by atoms with Crippen LogP contribution in [0.15, 0.2) is 48.0 Å². The highest BCUT2D eigenvalue weighted by molar-refractivity contribution is 6.17. The minimum Gasteiger partial charge on any atom is -0.504 e. The summed E-state index contributed by atoms with van der Waals surface area (Å²) in [5.74, 6) is -0.464. The third-order valence-corrected chi connectivity index (χ3v) is 4.87. The molecule has 2 aromatic rings. The number of phenols is 2. The van der Waals surface area contributed by atoms with Crippen molar-refractivity contribution in [2.24, 2.45) is 5.92 Å². The Bertz CT molecular complexity index is 1000. The van der Waals surface area contributed by atoms with Crippen molar-refractivity contribution in [2.45, 2.75) is 12.8 Å². The van der Waals surface area contributed by atoms with Crippen LogP contribution in [0.25, 0.3) is 12.2 Å². The topological polar surface area (TPSA) is 93.1 Å². The number of carbonyl (C=O) groups is 2. The average Bonchev–Trinajstić information content (AvgIpc) is 3.08. The standard InChI is InChI=1S/C23H22O6/c1-28-21-12-14(4-9-19(21)25)3-8-18(24)17-7-6-16(23(17)27)11-15-5-10-20(26)22(13-15)29-2/h3-5,8-13,17,25-26H,6-7H2,1-2H3/b8-3+,16-11+. The van der Waals surface area contributed by atoms with E-state index in [4.69, 9.17) is 9.47 Å². The Balaban J connectivity index is 1.73. The fourth-order valence-corrected chi connectivity index (χ4v) is 3.27. The highest BCUT2D eigenvalue weighted by Gasteiger charge is 2.33. The molecule has 1 saturated carbocycles. The van der Waals surface area contributed by atoms with E-state index in [1.807, 2.05) is 0 Å². The molecular weight excluding hydrogens is 372 g/mol. The number of hydrogen-bond acceptors (Lipinski definition) is 6. The van der Waals surface area contributed by atoms with Gasteiger partial charge in [-0.1, -0.05) is 18.2 Å². The van der Waals surface area contributed by atoms with E-state index in [0.29, 0.717) is 35.5 Å². The van der Waals surface area contributed by atoms with Crippen molar-refractivity contribution < 1.29 is 29.3 Å². The largest absolute Gasteiger partial charge is 0.504 e.